The summed E-state index contributed by atoms with van der Waals surface area (Å²) in [5, 5.41) is 11.0. The van der Waals surface area contributed by atoms with Crippen molar-refractivity contribution in [3.05, 3.63) is 53.3 Å². The van der Waals surface area contributed by atoms with Gasteiger partial charge in [0.15, 0.2) is 0 Å². The number of piperidine rings is 1. The quantitative estimate of drug-likeness (QED) is 0.666. The van der Waals surface area contributed by atoms with Crippen LogP contribution in [0.2, 0.25) is 0 Å². The fourth-order valence-corrected chi connectivity index (χ4v) is 4.53. The molecule has 0 aromatic carbocycles. The van der Waals surface area contributed by atoms with Crippen LogP contribution in [-0.2, 0) is 13.0 Å². The highest BCUT2D eigenvalue weighted by atomic mass is 32.1. The second-order valence-corrected chi connectivity index (χ2v) is 7.83. The van der Waals surface area contributed by atoms with E-state index in [2.05, 4.69) is 48.8 Å². The second-order valence-electron chi connectivity index (χ2n) is 6.79. The zero-order chi connectivity index (χ0) is 17.8. The summed E-state index contributed by atoms with van der Waals surface area (Å²) in [6.07, 6.45) is 12.2. The number of hydrogen-bond donors (Lipinski definition) is 0. The molecule has 7 heteroatoms. The fraction of sp³-hybridized carbons (Fsp3) is 0.474. The molecular weight excluding hydrogens is 344 g/mol. The summed E-state index contributed by atoms with van der Waals surface area (Å²) in [6, 6.07) is 4.10. The number of rotatable bonds is 6. The monoisotopic (exact) mass is 368 g/mol. The van der Waals surface area contributed by atoms with E-state index < -0.39 is 0 Å². The molecule has 4 heterocycles. The summed E-state index contributed by atoms with van der Waals surface area (Å²) in [5.74, 6) is 1.59. The Bertz CT molecular complexity index is 827. The molecule has 1 fully saturated rings. The molecule has 6 nitrogen and oxygen atoms in total. The van der Waals surface area contributed by atoms with Crippen LogP contribution in [0.4, 0.5) is 5.13 Å². The lowest BCUT2D eigenvalue weighted by atomic mass is 9.97. The molecule has 26 heavy (non-hydrogen) atoms. The lowest BCUT2D eigenvalue weighted by Gasteiger charge is -2.32. The Morgan fingerprint density at radius 3 is 3.08 bits per heavy atom. The molecule has 3 aromatic rings. The van der Waals surface area contributed by atoms with E-state index >= 15 is 0 Å². The number of aromatic nitrogens is 5. The maximum Gasteiger partial charge on any atom is 0.208 e. The lowest BCUT2D eigenvalue weighted by Crippen LogP contribution is -2.35. The third-order valence-corrected chi connectivity index (χ3v) is 5.84. The number of imidazole rings is 1. The first-order valence-electron chi connectivity index (χ1n) is 9.30. The van der Waals surface area contributed by atoms with Gasteiger partial charge in [-0.15, -0.1) is 10.2 Å². The van der Waals surface area contributed by atoms with Gasteiger partial charge in [0.1, 0.15) is 10.8 Å². The molecule has 0 unspecified atom stereocenters. The highest BCUT2D eigenvalue weighted by molar-refractivity contribution is 7.15. The van der Waals surface area contributed by atoms with Gasteiger partial charge in [0.05, 0.1) is 6.54 Å². The molecule has 136 valence electrons. The summed E-state index contributed by atoms with van der Waals surface area (Å²) < 4.78 is 2.26. The molecule has 1 aliphatic heterocycles. The van der Waals surface area contributed by atoms with Crippen molar-refractivity contribution in [2.75, 3.05) is 18.0 Å². The van der Waals surface area contributed by atoms with Crippen LogP contribution in [0, 0.1) is 0 Å². The van der Waals surface area contributed by atoms with Gasteiger partial charge in [-0.3, -0.25) is 4.98 Å². The van der Waals surface area contributed by atoms with Gasteiger partial charge in [-0.25, -0.2) is 4.98 Å². The van der Waals surface area contributed by atoms with E-state index in [0.29, 0.717) is 5.92 Å². The number of hydrogen-bond acceptors (Lipinski definition) is 6. The van der Waals surface area contributed by atoms with Crippen LogP contribution in [0.5, 0.6) is 0 Å². The van der Waals surface area contributed by atoms with Crippen molar-refractivity contribution in [1.82, 2.24) is 24.7 Å². The molecule has 3 aromatic heterocycles. The van der Waals surface area contributed by atoms with Crippen molar-refractivity contribution >= 4 is 16.5 Å². The van der Waals surface area contributed by atoms with E-state index in [1.807, 2.05) is 24.7 Å². The van der Waals surface area contributed by atoms with E-state index in [1.54, 1.807) is 11.3 Å². The average molecular weight is 369 g/mol. The Morgan fingerprint density at radius 1 is 1.27 bits per heavy atom. The smallest absolute Gasteiger partial charge is 0.208 e. The normalized spacial score (nSPS) is 17.6. The number of pyridine rings is 1. The van der Waals surface area contributed by atoms with Gasteiger partial charge >= 0.3 is 0 Å². The maximum absolute atomic E-state index is 4.68. The molecule has 0 amide bonds. The van der Waals surface area contributed by atoms with E-state index in [4.69, 9.17) is 0 Å². The van der Waals surface area contributed by atoms with Gasteiger partial charge in [0.2, 0.25) is 5.13 Å². The summed E-state index contributed by atoms with van der Waals surface area (Å²) in [4.78, 5) is 11.3. The third kappa shape index (κ3) is 3.77. The van der Waals surface area contributed by atoms with Crippen molar-refractivity contribution in [3.8, 4) is 0 Å². The first-order valence-corrected chi connectivity index (χ1v) is 10.1. The highest BCUT2D eigenvalue weighted by Gasteiger charge is 2.26. The fourth-order valence-electron chi connectivity index (χ4n) is 3.55. The van der Waals surface area contributed by atoms with E-state index in [9.17, 15) is 0 Å². The standard InChI is InChI=1S/C19H24N6S/c1-2-5-17-22-23-19(26-17)25-10-4-7-16(14-25)18-21-9-11-24(18)13-15-6-3-8-20-12-15/h3,6,8-9,11-12,16H,2,4-5,7,10,13-14H2,1H3/t16-/m0/s1. The van der Waals surface area contributed by atoms with Crippen LogP contribution in [0.15, 0.2) is 36.9 Å². The first kappa shape index (κ1) is 17.1. The minimum atomic E-state index is 0.425. The Labute approximate surface area is 157 Å². The molecule has 1 saturated heterocycles. The van der Waals surface area contributed by atoms with E-state index in [-0.39, 0.29) is 0 Å². The Kier molecular flexibility index (Phi) is 5.24. The highest BCUT2D eigenvalue weighted by Crippen LogP contribution is 2.31. The van der Waals surface area contributed by atoms with Crippen LogP contribution >= 0.6 is 11.3 Å². The van der Waals surface area contributed by atoms with Crippen LogP contribution in [-0.4, -0.2) is 37.8 Å². The third-order valence-electron chi connectivity index (χ3n) is 4.80. The van der Waals surface area contributed by atoms with E-state index in [0.717, 1.165) is 54.9 Å². The van der Waals surface area contributed by atoms with Gasteiger partial charge in [-0.05, 0) is 30.9 Å². The van der Waals surface area contributed by atoms with E-state index in [1.165, 1.54) is 12.0 Å². The van der Waals surface area contributed by atoms with Crippen molar-refractivity contribution < 1.29 is 0 Å². The van der Waals surface area contributed by atoms with Crippen molar-refractivity contribution in [3.63, 3.8) is 0 Å². The summed E-state index contributed by atoms with van der Waals surface area (Å²) in [6.45, 7) is 5.02. The number of nitrogens with zero attached hydrogens (tertiary/aromatic N) is 6. The van der Waals surface area contributed by atoms with Gasteiger partial charge in [0.25, 0.3) is 0 Å². The molecule has 0 N–H and O–H groups in total. The Balaban J connectivity index is 1.49. The summed E-state index contributed by atoms with van der Waals surface area (Å²) in [5.41, 5.74) is 1.20. The molecular formula is C19H24N6S. The second kappa shape index (κ2) is 7.95. The summed E-state index contributed by atoms with van der Waals surface area (Å²) in [7, 11) is 0. The van der Waals surface area contributed by atoms with Crippen molar-refractivity contribution in [2.24, 2.45) is 0 Å². The van der Waals surface area contributed by atoms with Gasteiger partial charge in [-0.1, -0.05) is 24.3 Å². The minimum absolute atomic E-state index is 0.425. The zero-order valence-electron chi connectivity index (χ0n) is 15.1. The molecule has 0 radical (unpaired) electrons. The predicted molar refractivity (Wildman–Crippen MR) is 104 cm³/mol. The lowest BCUT2D eigenvalue weighted by molar-refractivity contribution is 0.475. The van der Waals surface area contributed by atoms with Crippen LogP contribution < -0.4 is 4.90 Å². The number of aryl methyl sites for hydroxylation is 1. The van der Waals surface area contributed by atoms with Gasteiger partial charge in [0, 0.05) is 50.2 Å². The number of anilines is 1. The SMILES string of the molecule is CCCc1nnc(N2CCC[C@H](c3nccn3Cc3cccnc3)C2)s1. The largest absolute Gasteiger partial charge is 0.346 e. The summed E-state index contributed by atoms with van der Waals surface area (Å²) >= 11 is 1.74. The van der Waals surface area contributed by atoms with Crippen molar-refractivity contribution in [2.45, 2.75) is 45.1 Å². The topological polar surface area (TPSA) is 59.7 Å². The van der Waals surface area contributed by atoms with Crippen LogP contribution in [0.3, 0.4) is 0 Å². The van der Waals surface area contributed by atoms with Crippen molar-refractivity contribution in [1.29, 1.82) is 0 Å². The van der Waals surface area contributed by atoms with Gasteiger partial charge < -0.3 is 9.47 Å². The molecule has 1 atom stereocenters. The molecule has 0 aliphatic carbocycles. The molecule has 0 saturated carbocycles. The van der Waals surface area contributed by atoms with Gasteiger partial charge in [-0.2, -0.15) is 0 Å². The average Bonchev–Trinajstić information content (AvgIpc) is 3.33. The predicted octanol–water partition coefficient (Wildman–Crippen LogP) is 3.51. The molecule has 0 spiro atoms. The molecule has 4 rings (SSSR count). The Hall–Kier alpha value is -2.28. The molecule has 0 bridgehead atoms. The first-order chi connectivity index (χ1) is 12.8. The van der Waals surface area contributed by atoms with Crippen LogP contribution in [0.1, 0.15) is 48.5 Å². The zero-order valence-corrected chi connectivity index (χ0v) is 15.9. The molecule has 1 aliphatic rings. The van der Waals surface area contributed by atoms with Crippen LogP contribution in [0.25, 0.3) is 0 Å². The minimum Gasteiger partial charge on any atom is -0.346 e. The Morgan fingerprint density at radius 2 is 2.23 bits per heavy atom. The maximum atomic E-state index is 4.68.